The molecule has 0 spiro atoms. The number of carbonyl (C=O) groups excluding carboxylic acids is 1. The number of amides is 1. The summed E-state index contributed by atoms with van der Waals surface area (Å²) in [6, 6.07) is -0.155. The lowest BCUT2D eigenvalue weighted by atomic mass is 9.84. The van der Waals surface area contributed by atoms with Crippen molar-refractivity contribution < 1.29 is 14.7 Å². The molecule has 5 heteroatoms. The molecule has 0 aromatic carbocycles. The van der Waals surface area contributed by atoms with Crippen molar-refractivity contribution in [1.82, 2.24) is 10.6 Å². The van der Waals surface area contributed by atoms with Gasteiger partial charge in [0.1, 0.15) is 0 Å². The molecule has 0 aliphatic carbocycles. The number of aliphatic carboxylic acids is 1. The molecular weight excluding hydrogens is 244 g/mol. The van der Waals surface area contributed by atoms with E-state index >= 15 is 0 Å². The predicted molar refractivity (Wildman–Crippen MR) is 73.8 cm³/mol. The Kier molecular flexibility index (Phi) is 5.79. The topological polar surface area (TPSA) is 78.4 Å². The smallest absolute Gasteiger partial charge is 0.308 e. The first-order valence-electron chi connectivity index (χ1n) is 7.03. The Bertz CT molecular complexity index is 317. The van der Waals surface area contributed by atoms with Crippen molar-refractivity contribution in [1.29, 1.82) is 0 Å². The van der Waals surface area contributed by atoms with Crippen molar-refractivity contribution >= 4 is 11.9 Å². The summed E-state index contributed by atoms with van der Waals surface area (Å²) in [6.07, 6.45) is 3.55. The largest absolute Gasteiger partial charge is 0.481 e. The average molecular weight is 270 g/mol. The third-order valence-electron chi connectivity index (χ3n) is 3.36. The number of carbonyl (C=O) groups is 2. The van der Waals surface area contributed by atoms with Crippen molar-refractivity contribution in [2.45, 2.75) is 52.5 Å². The molecule has 1 unspecified atom stereocenters. The summed E-state index contributed by atoms with van der Waals surface area (Å²) in [4.78, 5) is 23.1. The van der Waals surface area contributed by atoms with Gasteiger partial charge >= 0.3 is 5.97 Å². The molecule has 2 atom stereocenters. The molecule has 1 rings (SSSR count). The molecule has 110 valence electrons. The quantitative estimate of drug-likeness (QED) is 0.705. The zero-order valence-corrected chi connectivity index (χ0v) is 12.2. The lowest BCUT2D eigenvalue weighted by Crippen LogP contribution is -2.48. The summed E-state index contributed by atoms with van der Waals surface area (Å²) in [5.41, 5.74) is -0.0587. The molecular formula is C14H26N2O3. The molecule has 0 saturated carbocycles. The standard InChI is InChI=1S/C14H26N2O3/c1-14(2,3)8-10(13(18)19)9-16-12(17)11-6-4-5-7-15-11/h10-11,15H,4-9H2,1-3H3,(H,16,17)(H,18,19)/t10?,11-/m0/s1. The van der Waals surface area contributed by atoms with Gasteiger partial charge < -0.3 is 15.7 Å². The van der Waals surface area contributed by atoms with Crippen LogP contribution in [0.15, 0.2) is 0 Å². The van der Waals surface area contributed by atoms with E-state index in [-0.39, 0.29) is 23.9 Å². The second-order valence-corrected chi connectivity index (χ2v) is 6.55. The average Bonchev–Trinajstić information content (AvgIpc) is 2.33. The second-order valence-electron chi connectivity index (χ2n) is 6.55. The summed E-state index contributed by atoms with van der Waals surface area (Å²) in [5, 5.41) is 15.1. The number of carboxylic acids is 1. The van der Waals surface area contributed by atoms with Crippen LogP contribution in [0.1, 0.15) is 46.5 Å². The van der Waals surface area contributed by atoms with Crippen LogP contribution in [0.4, 0.5) is 0 Å². The predicted octanol–water partition coefficient (Wildman–Crippen LogP) is 1.38. The lowest BCUT2D eigenvalue weighted by molar-refractivity contribution is -0.142. The molecule has 5 nitrogen and oxygen atoms in total. The maximum atomic E-state index is 11.9. The Morgan fingerprint density at radius 3 is 2.53 bits per heavy atom. The number of hydrogen-bond donors (Lipinski definition) is 3. The molecule has 0 radical (unpaired) electrons. The van der Waals surface area contributed by atoms with Gasteiger partial charge in [-0.25, -0.2) is 0 Å². The Balaban J connectivity index is 2.42. The maximum Gasteiger partial charge on any atom is 0.308 e. The fourth-order valence-corrected chi connectivity index (χ4v) is 2.41. The summed E-state index contributed by atoms with van der Waals surface area (Å²) < 4.78 is 0. The first-order chi connectivity index (χ1) is 8.79. The maximum absolute atomic E-state index is 11.9. The SMILES string of the molecule is CC(C)(C)CC(CNC(=O)[C@@H]1CCCCN1)C(=O)O. The third-order valence-corrected chi connectivity index (χ3v) is 3.36. The molecule has 1 heterocycles. The van der Waals surface area contributed by atoms with E-state index in [2.05, 4.69) is 10.6 Å². The van der Waals surface area contributed by atoms with Gasteiger partial charge in [0.2, 0.25) is 5.91 Å². The van der Waals surface area contributed by atoms with E-state index in [1.807, 2.05) is 20.8 Å². The Morgan fingerprint density at radius 1 is 1.37 bits per heavy atom. The van der Waals surface area contributed by atoms with Gasteiger partial charge in [-0.15, -0.1) is 0 Å². The number of nitrogens with one attached hydrogen (secondary N) is 2. The Morgan fingerprint density at radius 2 is 2.05 bits per heavy atom. The van der Waals surface area contributed by atoms with Gasteiger partial charge in [0.05, 0.1) is 12.0 Å². The van der Waals surface area contributed by atoms with Crippen LogP contribution in [-0.4, -0.2) is 36.1 Å². The zero-order valence-electron chi connectivity index (χ0n) is 12.2. The highest BCUT2D eigenvalue weighted by atomic mass is 16.4. The molecule has 1 aliphatic heterocycles. The zero-order chi connectivity index (χ0) is 14.5. The highest BCUT2D eigenvalue weighted by molar-refractivity contribution is 5.82. The van der Waals surface area contributed by atoms with Gasteiger partial charge in [-0.2, -0.15) is 0 Å². The van der Waals surface area contributed by atoms with Gasteiger partial charge in [-0.3, -0.25) is 9.59 Å². The summed E-state index contributed by atoms with van der Waals surface area (Å²) in [7, 11) is 0. The molecule has 1 fully saturated rings. The fraction of sp³-hybridized carbons (Fsp3) is 0.857. The minimum absolute atomic E-state index is 0.0587. The molecule has 1 saturated heterocycles. The van der Waals surface area contributed by atoms with Crippen LogP contribution >= 0.6 is 0 Å². The minimum atomic E-state index is -0.841. The van der Waals surface area contributed by atoms with Crippen LogP contribution in [0.3, 0.4) is 0 Å². The van der Waals surface area contributed by atoms with Crippen molar-refractivity contribution in [3.63, 3.8) is 0 Å². The Hall–Kier alpha value is -1.10. The minimum Gasteiger partial charge on any atom is -0.481 e. The highest BCUT2D eigenvalue weighted by Gasteiger charge is 2.26. The van der Waals surface area contributed by atoms with Crippen LogP contribution in [0.2, 0.25) is 0 Å². The van der Waals surface area contributed by atoms with Crippen molar-refractivity contribution in [2.24, 2.45) is 11.3 Å². The van der Waals surface area contributed by atoms with E-state index in [1.54, 1.807) is 0 Å². The Labute approximate surface area is 115 Å². The van der Waals surface area contributed by atoms with Gasteiger partial charge in [-0.05, 0) is 31.2 Å². The summed E-state index contributed by atoms with van der Waals surface area (Å²) in [5.74, 6) is -1.43. The molecule has 0 aromatic rings. The summed E-state index contributed by atoms with van der Waals surface area (Å²) >= 11 is 0. The van der Waals surface area contributed by atoms with E-state index in [1.165, 1.54) is 0 Å². The lowest BCUT2D eigenvalue weighted by Gasteiger charge is -2.26. The van der Waals surface area contributed by atoms with Crippen molar-refractivity contribution in [2.75, 3.05) is 13.1 Å². The molecule has 1 aliphatic rings. The first-order valence-corrected chi connectivity index (χ1v) is 7.03. The third kappa shape index (κ3) is 6.05. The molecule has 1 amide bonds. The second kappa shape index (κ2) is 6.89. The van der Waals surface area contributed by atoms with Gasteiger partial charge in [0.15, 0.2) is 0 Å². The number of carboxylic acid groups (broad SMARTS) is 1. The molecule has 3 N–H and O–H groups in total. The van der Waals surface area contributed by atoms with Crippen LogP contribution in [0.5, 0.6) is 0 Å². The van der Waals surface area contributed by atoms with Crippen LogP contribution < -0.4 is 10.6 Å². The monoisotopic (exact) mass is 270 g/mol. The van der Waals surface area contributed by atoms with Crippen LogP contribution in [-0.2, 0) is 9.59 Å². The van der Waals surface area contributed by atoms with Crippen LogP contribution in [0.25, 0.3) is 0 Å². The van der Waals surface area contributed by atoms with Crippen molar-refractivity contribution in [3.8, 4) is 0 Å². The van der Waals surface area contributed by atoms with Crippen molar-refractivity contribution in [3.05, 3.63) is 0 Å². The molecule has 0 aromatic heterocycles. The first kappa shape index (κ1) is 16.0. The number of hydrogen-bond acceptors (Lipinski definition) is 3. The fourth-order valence-electron chi connectivity index (χ4n) is 2.41. The molecule has 0 bridgehead atoms. The van der Waals surface area contributed by atoms with E-state index < -0.39 is 11.9 Å². The number of rotatable bonds is 5. The van der Waals surface area contributed by atoms with Gasteiger partial charge in [0, 0.05) is 6.54 Å². The normalized spacial score (nSPS) is 21.7. The van der Waals surface area contributed by atoms with E-state index in [0.29, 0.717) is 6.42 Å². The van der Waals surface area contributed by atoms with E-state index in [4.69, 9.17) is 0 Å². The number of piperidine rings is 1. The van der Waals surface area contributed by atoms with Gasteiger partial charge in [-0.1, -0.05) is 27.2 Å². The molecule has 19 heavy (non-hydrogen) atoms. The van der Waals surface area contributed by atoms with E-state index in [9.17, 15) is 14.7 Å². The van der Waals surface area contributed by atoms with E-state index in [0.717, 1.165) is 25.8 Å². The summed E-state index contributed by atoms with van der Waals surface area (Å²) in [6.45, 7) is 7.10. The highest BCUT2D eigenvalue weighted by Crippen LogP contribution is 2.24. The van der Waals surface area contributed by atoms with Gasteiger partial charge in [0.25, 0.3) is 0 Å². The van der Waals surface area contributed by atoms with Crippen LogP contribution in [0, 0.1) is 11.3 Å².